The first-order valence-corrected chi connectivity index (χ1v) is 8.36. The molecule has 2 fully saturated rings. The zero-order chi connectivity index (χ0) is 16.5. The first-order valence-electron chi connectivity index (χ1n) is 8.36. The van der Waals surface area contributed by atoms with Crippen molar-refractivity contribution in [1.82, 2.24) is 9.80 Å². The van der Waals surface area contributed by atoms with Crippen LogP contribution in [0.5, 0.6) is 0 Å². The van der Waals surface area contributed by atoms with Crippen molar-refractivity contribution in [2.45, 2.75) is 70.6 Å². The number of Topliss-reactive ketones (excluding diaryl/α,β-unsaturated/α-hetero) is 1. The van der Waals surface area contributed by atoms with Crippen LogP contribution >= 0.6 is 0 Å². The van der Waals surface area contributed by atoms with E-state index < -0.39 is 5.60 Å². The molecule has 2 saturated heterocycles. The molecule has 5 nitrogen and oxygen atoms in total. The molecule has 0 spiro atoms. The van der Waals surface area contributed by atoms with Gasteiger partial charge in [-0.15, -0.1) is 0 Å². The Labute approximate surface area is 134 Å². The fourth-order valence-electron chi connectivity index (χ4n) is 3.59. The van der Waals surface area contributed by atoms with Crippen molar-refractivity contribution in [3.05, 3.63) is 0 Å². The molecule has 126 valence electrons. The van der Waals surface area contributed by atoms with Crippen LogP contribution in [0.2, 0.25) is 0 Å². The molecule has 2 aliphatic rings. The Balaban J connectivity index is 1.94. The van der Waals surface area contributed by atoms with Crippen LogP contribution in [0, 0.1) is 5.92 Å². The summed E-state index contributed by atoms with van der Waals surface area (Å²) < 4.78 is 5.53. The number of hydrogen-bond donors (Lipinski definition) is 0. The summed E-state index contributed by atoms with van der Waals surface area (Å²) >= 11 is 0. The Bertz CT molecular complexity index is 414. The van der Waals surface area contributed by atoms with Gasteiger partial charge in [-0.05, 0) is 60.5 Å². The second kappa shape index (κ2) is 6.57. The van der Waals surface area contributed by atoms with Crippen LogP contribution in [-0.4, -0.2) is 60.0 Å². The number of ketones is 1. The lowest BCUT2D eigenvalue weighted by Gasteiger charge is -2.39. The van der Waals surface area contributed by atoms with E-state index in [9.17, 15) is 9.59 Å². The van der Waals surface area contributed by atoms with E-state index >= 15 is 0 Å². The topological polar surface area (TPSA) is 49.9 Å². The molecule has 5 heteroatoms. The number of ether oxygens (including phenoxy) is 1. The van der Waals surface area contributed by atoms with Gasteiger partial charge in [0.25, 0.3) is 0 Å². The lowest BCUT2D eigenvalue weighted by atomic mass is 9.86. The van der Waals surface area contributed by atoms with E-state index in [2.05, 4.69) is 0 Å². The molecule has 2 rings (SSSR count). The number of fused-ring (bicyclic) bond motifs is 2. The van der Waals surface area contributed by atoms with Gasteiger partial charge in [0.15, 0.2) is 0 Å². The largest absolute Gasteiger partial charge is 0.444 e. The minimum Gasteiger partial charge on any atom is -0.444 e. The second-order valence-corrected chi connectivity index (χ2v) is 7.96. The highest BCUT2D eigenvalue weighted by Gasteiger charge is 2.46. The van der Waals surface area contributed by atoms with Crippen LogP contribution in [-0.2, 0) is 9.53 Å². The van der Waals surface area contributed by atoms with Gasteiger partial charge in [0.1, 0.15) is 11.4 Å². The van der Waals surface area contributed by atoms with Crippen LogP contribution < -0.4 is 0 Å². The van der Waals surface area contributed by atoms with Gasteiger partial charge in [0.2, 0.25) is 0 Å². The maximum absolute atomic E-state index is 12.4. The Kier molecular flexibility index (Phi) is 5.15. The Hall–Kier alpha value is -1.10. The van der Waals surface area contributed by atoms with Crippen molar-refractivity contribution >= 4 is 11.9 Å². The molecule has 0 aromatic heterocycles. The molecule has 22 heavy (non-hydrogen) atoms. The van der Waals surface area contributed by atoms with Gasteiger partial charge in [0, 0.05) is 31.0 Å². The Morgan fingerprint density at radius 1 is 1.14 bits per heavy atom. The SMILES string of the molecule is CN(C)CCC(=O)C1CC2CCC(C1)N2C(=O)OC(C)(C)C. The summed E-state index contributed by atoms with van der Waals surface area (Å²) in [4.78, 5) is 28.7. The molecule has 1 amide bonds. The van der Waals surface area contributed by atoms with E-state index in [0.717, 1.165) is 32.2 Å². The van der Waals surface area contributed by atoms with Crippen molar-refractivity contribution in [2.24, 2.45) is 5.92 Å². The van der Waals surface area contributed by atoms with Crippen LogP contribution in [0.15, 0.2) is 0 Å². The summed E-state index contributed by atoms with van der Waals surface area (Å²) in [6.45, 7) is 6.49. The quantitative estimate of drug-likeness (QED) is 0.801. The van der Waals surface area contributed by atoms with Gasteiger partial charge >= 0.3 is 6.09 Å². The van der Waals surface area contributed by atoms with Gasteiger partial charge in [-0.25, -0.2) is 4.79 Å². The molecule has 0 N–H and O–H groups in total. The van der Waals surface area contributed by atoms with Crippen LogP contribution in [0.1, 0.15) is 52.9 Å². The van der Waals surface area contributed by atoms with Crippen LogP contribution in [0.25, 0.3) is 0 Å². The molecule has 2 bridgehead atoms. The normalized spacial score (nSPS) is 28.1. The van der Waals surface area contributed by atoms with Gasteiger partial charge in [0.05, 0.1) is 0 Å². The van der Waals surface area contributed by atoms with E-state index in [1.807, 2.05) is 44.7 Å². The van der Waals surface area contributed by atoms with Gasteiger partial charge in [-0.3, -0.25) is 4.79 Å². The predicted molar refractivity (Wildman–Crippen MR) is 85.8 cm³/mol. The molecule has 0 saturated carbocycles. The number of carbonyl (C=O) groups is 2. The lowest BCUT2D eigenvalue weighted by Crippen LogP contribution is -2.49. The smallest absolute Gasteiger partial charge is 0.410 e. The number of piperidine rings is 1. The van der Waals surface area contributed by atoms with Gasteiger partial charge in [-0.2, -0.15) is 0 Å². The highest BCUT2D eigenvalue weighted by Crippen LogP contribution is 2.40. The summed E-state index contributed by atoms with van der Waals surface area (Å²) in [6.07, 6.45) is 4.02. The minimum atomic E-state index is -0.463. The Morgan fingerprint density at radius 2 is 1.68 bits per heavy atom. The first-order chi connectivity index (χ1) is 10.2. The van der Waals surface area contributed by atoms with Crippen LogP contribution in [0.3, 0.4) is 0 Å². The van der Waals surface area contributed by atoms with Crippen molar-refractivity contribution in [3.63, 3.8) is 0 Å². The van der Waals surface area contributed by atoms with Crippen molar-refractivity contribution in [2.75, 3.05) is 20.6 Å². The molecule has 2 atom stereocenters. The van der Waals surface area contributed by atoms with E-state index in [4.69, 9.17) is 4.74 Å². The summed E-state index contributed by atoms with van der Waals surface area (Å²) in [7, 11) is 3.98. The summed E-state index contributed by atoms with van der Waals surface area (Å²) in [5, 5.41) is 0. The first kappa shape index (κ1) is 17.3. The molecule has 0 aromatic rings. The average Bonchev–Trinajstić information content (AvgIpc) is 2.65. The number of rotatable bonds is 4. The minimum absolute atomic E-state index is 0.121. The van der Waals surface area contributed by atoms with E-state index in [1.54, 1.807) is 0 Å². The summed E-state index contributed by atoms with van der Waals surface area (Å²) in [5.74, 6) is 0.477. The van der Waals surface area contributed by atoms with Gasteiger partial charge < -0.3 is 14.5 Å². The number of hydrogen-bond acceptors (Lipinski definition) is 4. The fourth-order valence-corrected chi connectivity index (χ4v) is 3.59. The summed E-state index contributed by atoms with van der Waals surface area (Å²) in [6, 6.07) is 0.365. The lowest BCUT2D eigenvalue weighted by molar-refractivity contribution is -0.125. The maximum Gasteiger partial charge on any atom is 0.410 e. The summed E-state index contributed by atoms with van der Waals surface area (Å²) in [5.41, 5.74) is -0.463. The van der Waals surface area contributed by atoms with Gasteiger partial charge in [-0.1, -0.05) is 0 Å². The third kappa shape index (κ3) is 4.22. The van der Waals surface area contributed by atoms with Crippen molar-refractivity contribution in [3.8, 4) is 0 Å². The zero-order valence-electron chi connectivity index (χ0n) is 14.6. The predicted octanol–water partition coefficient (Wildman–Crippen LogP) is 2.69. The van der Waals surface area contributed by atoms with Crippen LogP contribution in [0.4, 0.5) is 4.79 Å². The standard InChI is InChI=1S/C17H30N2O3/c1-17(2,3)22-16(21)19-13-6-7-14(19)11-12(10-13)15(20)8-9-18(4)5/h12-14H,6-11H2,1-5H3. The van der Waals surface area contributed by atoms with Crippen molar-refractivity contribution < 1.29 is 14.3 Å². The molecular formula is C17H30N2O3. The number of amides is 1. The average molecular weight is 310 g/mol. The third-order valence-corrected chi connectivity index (χ3v) is 4.60. The molecular weight excluding hydrogens is 280 g/mol. The zero-order valence-corrected chi connectivity index (χ0v) is 14.6. The molecule has 0 radical (unpaired) electrons. The monoisotopic (exact) mass is 310 g/mol. The number of carbonyl (C=O) groups excluding carboxylic acids is 2. The highest BCUT2D eigenvalue weighted by molar-refractivity contribution is 5.82. The molecule has 2 aliphatic heterocycles. The number of nitrogens with zero attached hydrogens (tertiary/aromatic N) is 2. The molecule has 2 heterocycles. The third-order valence-electron chi connectivity index (χ3n) is 4.60. The molecule has 0 aliphatic carbocycles. The van der Waals surface area contributed by atoms with E-state index in [0.29, 0.717) is 12.2 Å². The maximum atomic E-state index is 12.4. The highest BCUT2D eigenvalue weighted by atomic mass is 16.6. The fraction of sp³-hybridized carbons (Fsp3) is 0.882. The second-order valence-electron chi connectivity index (χ2n) is 7.96. The Morgan fingerprint density at radius 3 is 2.14 bits per heavy atom. The molecule has 0 aromatic carbocycles. The molecule has 2 unspecified atom stereocenters. The van der Waals surface area contributed by atoms with E-state index in [1.165, 1.54) is 0 Å². The van der Waals surface area contributed by atoms with Crippen molar-refractivity contribution in [1.29, 1.82) is 0 Å². The van der Waals surface area contributed by atoms with E-state index in [-0.39, 0.29) is 24.1 Å².